The highest BCUT2D eigenvalue weighted by atomic mass is 35.5. The van der Waals surface area contributed by atoms with E-state index in [9.17, 15) is 9.59 Å². The number of halogens is 1. The van der Waals surface area contributed by atoms with Crippen molar-refractivity contribution in [3.8, 4) is 11.3 Å². The Balaban J connectivity index is 1.44. The highest BCUT2D eigenvalue weighted by molar-refractivity contribution is 7.99. The van der Waals surface area contributed by atoms with Crippen LogP contribution < -0.4 is 10.6 Å². The van der Waals surface area contributed by atoms with Gasteiger partial charge in [0.1, 0.15) is 0 Å². The highest BCUT2D eigenvalue weighted by Crippen LogP contribution is 2.23. The van der Waals surface area contributed by atoms with Crippen molar-refractivity contribution in [2.24, 2.45) is 0 Å². The Morgan fingerprint density at radius 2 is 1.89 bits per heavy atom. The number of benzene rings is 2. The molecule has 0 aliphatic carbocycles. The predicted molar refractivity (Wildman–Crippen MR) is 113 cm³/mol. The summed E-state index contributed by atoms with van der Waals surface area (Å²) in [6.45, 7) is 2.12. The van der Waals surface area contributed by atoms with E-state index in [0.717, 1.165) is 16.4 Å². The van der Waals surface area contributed by atoms with E-state index in [-0.39, 0.29) is 0 Å². The number of aromatic nitrogens is 2. The van der Waals surface area contributed by atoms with Crippen molar-refractivity contribution in [3.05, 3.63) is 65.3 Å². The van der Waals surface area contributed by atoms with Gasteiger partial charge < -0.3 is 15.6 Å². The van der Waals surface area contributed by atoms with Crippen molar-refractivity contribution in [2.75, 3.05) is 17.6 Å². The molecule has 0 atom stereocenters. The molecule has 28 heavy (non-hydrogen) atoms. The molecule has 8 heteroatoms. The molecule has 2 amide bonds. The molecular formula is C20H19ClN4O2S. The van der Waals surface area contributed by atoms with Gasteiger partial charge in [-0.25, -0.2) is 4.98 Å². The smallest absolute Gasteiger partial charge is 0.313 e. The zero-order valence-electron chi connectivity index (χ0n) is 15.2. The lowest BCUT2D eigenvalue weighted by atomic mass is 10.2. The van der Waals surface area contributed by atoms with Crippen LogP contribution >= 0.6 is 23.4 Å². The zero-order chi connectivity index (χ0) is 19.9. The Bertz CT molecular complexity index is 975. The fourth-order valence-electron chi connectivity index (χ4n) is 2.46. The molecule has 0 spiro atoms. The molecule has 0 radical (unpaired) electrons. The highest BCUT2D eigenvalue weighted by Gasteiger charge is 2.15. The standard InChI is InChI=1S/C20H19ClN4O2S/c1-13-15(21)8-5-9-16(13)24-19(27)18(26)22-10-11-28-20-23-12-17(25-20)14-6-3-2-4-7-14/h2-9,12H,10-11H2,1H3,(H,22,26)(H,23,25)(H,24,27). The van der Waals surface area contributed by atoms with Crippen molar-refractivity contribution in [1.82, 2.24) is 15.3 Å². The van der Waals surface area contributed by atoms with Gasteiger partial charge in [0.2, 0.25) is 0 Å². The second-order valence-corrected chi connectivity index (χ2v) is 7.43. The normalized spacial score (nSPS) is 10.5. The number of aromatic amines is 1. The Morgan fingerprint density at radius 1 is 1.11 bits per heavy atom. The molecule has 3 rings (SSSR count). The first-order chi connectivity index (χ1) is 13.5. The minimum Gasteiger partial charge on any atom is -0.347 e. The molecule has 0 aliphatic rings. The van der Waals surface area contributed by atoms with Gasteiger partial charge >= 0.3 is 11.8 Å². The van der Waals surface area contributed by atoms with Crippen molar-refractivity contribution < 1.29 is 9.59 Å². The summed E-state index contributed by atoms with van der Waals surface area (Å²) >= 11 is 7.48. The molecule has 0 fully saturated rings. The third kappa shape index (κ3) is 5.15. The monoisotopic (exact) mass is 414 g/mol. The van der Waals surface area contributed by atoms with Crippen LogP contribution in [0.3, 0.4) is 0 Å². The number of anilines is 1. The fraction of sp³-hybridized carbons (Fsp3) is 0.150. The first-order valence-electron chi connectivity index (χ1n) is 8.62. The Morgan fingerprint density at radius 3 is 2.68 bits per heavy atom. The first kappa shape index (κ1) is 20.0. The van der Waals surface area contributed by atoms with Crippen molar-refractivity contribution in [1.29, 1.82) is 0 Å². The molecule has 0 bridgehead atoms. The van der Waals surface area contributed by atoms with Crippen LogP contribution in [0.2, 0.25) is 5.02 Å². The van der Waals surface area contributed by atoms with Crippen LogP contribution in [0, 0.1) is 6.92 Å². The van der Waals surface area contributed by atoms with Gasteiger partial charge in [-0.3, -0.25) is 9.59 Å². The van der Waals surface area contributed by atoms with Crippen LogP contribution in [-0.4, -0.2) is 34.1 Å². The van der Waals surface area contributed by atoms with E-state index in [0.29, 0.717) is 28.6 Å². The van der Waals surface area contributed by atoms with Crippen molar-refractivity contribution in [3.63, 3.8) is 0 Å². The van der Waals surface area contributed by atoms with E-state index in [1.54, 1.807) is 31.3 Å². The van der Waals surface area contributed by atoms with Crippen LogP contribution in [0.5, 0.6) is 0 Å². The summed E-state index contributed by atoms with van der Waals surface area (Å²) in [4.78, 5) is 31.5. The molecule has 0 aliphatic heterocycles. The number of rotatable bonds is 6. The number of hydrogen-bond donors (Lipinski definition) is 3. The minimum atomic E-state index is -0.722. The molecule has 3 aromatic rings. The van der Waals surface area contributed by atoms with Gasteiger partial charge in [0.25, 0.3) is 0 Å². The van der Waals surface area contributed by atoms with Gasteiger partial charge in [-0.2, -0.15) is 0 Å². The van der Waals surface area contributed by atoms with E-state index in [4.69, 9.17) is 11.6 Å². The SMILES string of the molecule is Cc1c(Cl)cccc1NC(=O)C(=O)NCCSc1ncc(-c2ccccc2)[nH]1. The third-order valence-corrected chi connectivity index (χ3v) is 5.28. The maximum Gasteiger partial charge on any atom is 0.313 e. The van der Waals surface area contributed by atoms with Crippen LogP contribution in [0.1, 0.15) is 5.56 Å². The average Bonchev–Trinajstić information content (AvgIpc) is 3.18. The number of nitrogens with one attached hydrogen (secondary N) is 3. The molecule has 0 saturated carbocycles. The summed E-state index contributed by atoms with van der Waals surface area (Å²) in [7, 11) is 0. The van der Waals surface area contributed by atoms with Crippen molar-refractivity contribution >= 4 is 40.9 Å². The number of carbonyl (C=O) groups is 2. The zero-order valence-corrected chi connectivity index (χ0v) is 16.7. The van der Waals surface area contributed by atoms with Gasteiger partial charge in [0.05, 0.1) is 11.9 Å². The minimum absolute atomic E-state index is 0.340. The Hall–Kier alpha value is -2.77. The number of carbonyl (C=O) groups excluding carboxylic acids is 2. The van der Waals surface area contributed by atoms with E-state index in [2.05, 4.69) is 20.6 Å². The summed E-state index contributed by atoms with van der Waals surface area (Å²) in [6.07, 6.45) is 1.77. The van der Waals surface area contributed by atoms with Gasteiger partial charge in [-0.1, -0.05) is 59.8 Å². The lowest BCUT2D eigenvalue weighted by Gasteiger charge is -2.09. The lowest BCUT2D eigenvalue weighted by molar-refractivity contribution is -0.136. The maximum absolute atomic E-state index is 12.0. The van der Waals surface area contributed by atoms with Crippen LogP contribution in [0.4, 0.5) is 5.69 Å². The summed E-state index contributed by atoms with van der Waals surface area (Å²) in [5.41, 5.74) is 3.23. The molecular weight excluding hydrogens is 396 g/mol. The average molecular weight is 415 g/mol. The number of hydrogen-bond acceptors (Lipinski definition) is 4. The quantitative estimate of drug-likeness (QED) is 0.324. The van der Waals surface area contributed by atoms with E-state index in [1.165, 1.54) is 11.8 Å². The van der Waals surface area contributed by atoms with Crippen LogP contribution in [0.25, 0.3) is 11.3 Å². The summed E-state index contributed by atoms with van der Waals surface area (Å²) < 4.78 is 0. The number of amides is 2. The first-order valence-corrected chi connectivity index (χ1v) is 9.98. The van der Waals surface area contributed by atoms with Crippen LogP contribution in [0.15, 0.2) is 59.9 Å². The Kier molecular flexibility index (Phi) is 6.73. The number of H-pyrrole nitrogens is 1. The second-order valence-electron chi connectivity index (χ2n) is 5.94. The van der Waals surface area contributed by atoms with Gasteiger partial charge in [-0.05, 0) is 30.2 Å². The van der Waals surface area contributed by atoms with Crippen LogP contribution in [-0.2, 0) is 9.59 Å². The topological polar surface area (TPSA) is 86.9 Å². The lowest BCUT2D eigenvalue weighted by Crippen LogP contribution is -2.36. The third-order valence-electron chi connectivity index (χ3n) is 3.99. The summed E-state index contributed by atoms with van der Waals surface area (Å²) in [5.74, 6) is -0.833. The Labute approximate surface area is 172 Å². The molecule has 2 aromatic carbocycles. The summed E-state index contributed by atoms with van der Waals surface area (Å²) in [5, 5.41) is 6.46. The van der Waals surface area contributed by atoms with Gasteiger partial charge in [-0.15, -0.1) is 0 Å². The van der Waals surface area contributed by atoms with Gasteiger partial charge in [0.15, 0.2) is 5.16 Å². The fourth-order valence-corrected chi connectivity index (χ4v) is 3.34. The molecule has 1 heterocycles. The number of thioether (sulfide) groups is 1. The molecule has 144 valence electrons. The predicted octanol–water partition coefficient (Wildman–Crippen LogP) is 3.89. The van der Waals surface area contributed by atoms with E-state index in [1.807, 2.05) is 30.3 Å². The van der Waals surface area contributed by atoms with Crippen molar-refractivity contribution in [2.45, 2.75) is 12.1 Å². The van der Waals surface area contributed by atoms with E-state index >= 15 is 0 Å². The largest absolute Gasteiger partial charge is 0.347 e. The van der Waals surface area contributed by atoms with E-state index < -0.39 is 11.8 Å². The number of nitrogens with zero attached hydrogens (tertiary/aromatic N) is 1. The number of imidazole rings is 1. The maximum atomic E-state index is 12.0. The van der Waals surface area contributed by atoms with Gasteiger partial charge in [0, 0.05) is 23.0 Å². The second kappa shape index (κ2) is 9.43. The summed E-state index contributed by atoms with van der Waals surface area (Å²) in [6, 6.07) is 15.0. The molecule has 0 unspecified atom stereocenters. The molecule has 0 saturated heterocycles. The molecule has 6 nitrogen and oxygen atoms in total. The molecule has 3 N–H and O–H groups in total. The molecule has 1 aromatic heterocycles.